The van der Waals surface area contributed by atoms with E-state index in [4.69, 9.17) is 9.47 Å². The van der Waals surface area contributed by atoms with Crippen LogP contribution in [0.5, 0.6) is 11.5 Å². The van der Waals surface area contributed by atoms with Gasteiger partial charge in [0.15, 0.2) is 11.5 Å². The lowest BCUT2D eigenvalue weighted by atomic mass is 9.92. The largest absolute Gasteiger partial charge is 0.493 e. The zero-order valence-corrected chi connectivity index (χ0v) is 12.8. The molecule has 2 aromatic rings. The Hall–Kier alpha value is -1.52. The van der Waals surface area contributed by atoms with Crippen molar-refractivity contribution in [2.75, 3.05) is 20.8 Å². The predicted molar refractivity (Wildman–Crippen MR) is 82.2 cm³/mol. The molecule has 1 aliphatic rings. The average Bonchev–Trinajstić information content (AvgIpc) is 2.91. The van der Waals surface area contributed by atoms with Gasteiger partial charge in [0.25, 0.3) is 0 Å². The number of aryl methyl sites for hydroxylation is 1. The first-order valence-electron chi connectivity index (χ1n) is 6.77. The highest BCUT2D eigenvalue weighted by atomic mass is 32.1. The lowest BCUT2D eigenvalue weighted by Crippen LogP contribution is -2.30. The number of rotatable bonds is 3. The number of hydrogen-bond donors (Lipinski definition) is 1. The van der Waals surface area contributed by atoms with Crippen molar-refractivity contribution in [1.29, 1.82) is 0 Å². The van der Waals surface area contributed by atoms with Crippen molar-refractivity contribution in [3.63, 3.8) is 0 Å². The van der Waals surface area contributed by atoms with Crippen molar-refractivity contribution in [3.05, 3.63) is 45.1 Å². The van der Waals surface area contributed by atoms with E-state index >= 15 is 0 Å². The Kier molecular flexibility index (Phi) is 3.68. The minimum Gasteiger partial charge on any atom is -0.493 e. The van der Waals surface area contributed by atoms with Crippen LogP contribution >= 0.6 is 11.3 Å². The Labute approximate surface area is 123 Å². The number of methoxy groups -OCH3 is 2. The van der Waals surface area contributed by atoms with Crippen LogP contribution in [0.4, 0.5) is 0 Å². The van der Waals surface area contributed by atoms with Gasteiger partial charge in [0.2, 0.25) is 0 Å². The van der Waals surface area contributed by atoms with Gasteiger partial charge < -0.3 is 14.8 Å². The highest BCUT2D eigenvalue weighted by molar-refractivity contribution is 7.12. The van der Waals surface area contributed by atoms with Gasteiger partial charge in [0.1, 0.15) is 0 Å². The lowest BCUT2D eigenvalue weighted by Gasteiger charge is -2.27. The molecular weight excluding hydrogens is 270 g/mol. The standard InChI is InChI=1S/C16H19NO2S/c1-10-4-5-15(20-10)16-12-9-14(19-3)13(18-2)8-11(12)6-7-17-16/h4-5,8-9,16-17H,6-7H2,1-3H3. The molecule has 20 heavy (non-hydrogen) atoms. The SMILES string of the molecule is COc1cc2c(cc1OC)C(c1ccc(C)s1)NCC2. The number of ether oxygens (including phenoxy) is 2. The van der Waals surface area contributed by atoms with Gasteiger partial charge in [-0.05, 0) is 48.7 Å². The third kappa shape index (κ3) is 2.30. The van der Waals surface area contributed by atoms with Crippen LogP contribution in [0.25, 0.3) is 0 Å². The summed E-state index contributed by atoms with van der Waals surface area (Å²) in [6.07, 6.45) is 1.02. The monoisotopic (exact) mass is 289 g/mol. The Morgan fingerprint density at radius 1 is 1.15 bits per heavy atom. The predicted octanol–water partition coefficient (Wildman–Crippen LogP) is 3.31. The minimum atomic E-state index is 0.261. The summed E-state index contributed by atoms with van der Waals surface area (Å²) in [5.41, 5.74) is 2.65. The summed E-state index contributed by atoms with van der Waals surface area (Å²) in [6.45, 7) is 3.14. The van der Waals surface area contributed by atoms with E-state index < -0.39 is 0 Å². The Morgan fingerprint density at radius 3 is 2.55 bits per heavy atom. The molecule has 0 spiro atoms. The van der Waals surface area contributed by atoms with Crippen molar-refractivity contribution in [2.24, 2.45) is 0 Å². The molecule has 1 unspecified atom stereocenters. The van der Waals surface area contributed by atoms with E-state index in [1.807, 2.05) is 11.3 Å². The van der Waals surface area contributed by atoms with E-state index in [2.05, 4.69) is 36.5 Å². The minimum absolute atomic E-state index is 0.261. The molecule has 0 saturated carbocycles. The maximum Gasteiger partial charge on any atom is 0.161 e. The molecule has 0 aliphatic carbocycles. The van der Waals surface area contributed by atoms with Gasteiger partial charge in [-0.2, -0.15) is 0 Å². The normalized spacial score (nSPS) is 17.6. The van der Waals surface area contributed by atoms with E-state index in [1.54, 1.807) is 14.2 Å². The van der Waals surface area contributed by atoms with Crippen LogP contribution in [0.1, 0.15) is 26.9 Å². The van der Waals surface area contributed by atoms with E-state index in [1.165, 1.54) is 20.9 Å². The number of hydrogen-bond acceptors (Lipinski definition) is 4. The molecule has 0 saturated heterocycles. The average molecular weight is 289 g/mol. The van der Waals surface area contributed by atoms with E-state index in [0.29, 0.717) is 0 Å². The third-order valence-electron chi connectivity index (χ3n) is 3.74. The number of nitrogens with one attached hydrogen (secondary N) is 1. The van der Waals surface area contributed by atoms with E-state index in [-0.39, 0.29) is 6.04 Å². The molecule has 1 aliphatic heterocycles. The fourth-order valence-corrected chi connectivity index (χ4v) is 3.72. The molecule has 1 atom stereocenters. The van der Waals surface area contributed by atoms with Crippen molar-refractivity contribution < 1.29 is 9.47 Å². The van der Waals surface area contributed by atoms with Gasteiger partial charge in [0, 0.05) is 16.3 Å². The first kappa shape index (κ1) is 13.5. The topological polar surface area (TPSA) is 30.5 Å². The van der Waals surface area contributed by atoms with Crippen LogP contribution in [0.3, 0.4) is 0 Å². The van der Waals surface area contributed by atoms with Crippen LogP contribution in [0, 0.1) is 6.92 Å². The maximum atomic E-state index is 5.44. The second kappa shape index (κ2) is 5.46. The molecule has 3 rings (SSSR count). The first-order valence-corrected chi connectivity index (χ1v) is 7.59. The van der Waals surface area contributed by atoms with Crippen molar-refractivity contribution in [1.82, 2.24) is 5.32 Å². The molecule has 0 amide bonds. The molecule has 1 N–H and O–H groups in total. The second-order valence-electron chi connectivity index (χ2n) is 4.99. The van der Waals surface area contributed by atoms with E-state index in [9.17, 15) is 0 Å². The number of benzene rings is 1. The van der Waals surface area contributed by atoms with Gasteiger partial charge in [-0.25, -0.2) is 0 Å². The third-order valence-corrected chi connectivity index (χ3v) is 4.81. The first-order chi connectivity index (χ1) is 9.72. The summed E-state index contributed by atoms with van der Waals surface area (Å²) in [5.74, 6) is 1.61. The Morgan fingerprint density at radius 2 is 1.90 bits per heavy atom. The summed E-state index contributed by atoms with van der Waals surface area (Å²) in [7, 11) is 3.37. The summed E-state index contributed by atoms with van der Waals surface area (Å²) in [4.78, 5) is 2.70. The molecule has 0 fully saturated rings. The molecule has 0 bridgehead atoms. The highest BCUT2D eigenvalue weighted by Crippen LogP contribution is 2.38. The molecule has 0 radical (unpaired) electrons. The quantitative estimate of drug-likeness (QED) is 0.940. The second-order valence-corrected chi connectivity index (χ2v) is 6.31. The van der Waals surface area contributed by atoms with Crippen molar-refractivity contribution in [3.8, 4) is 11.5 Å². The summed E-state index contributed by atoms with van der Waals surface area (Å²) in [6, 6.07) is 8.88. The van der Waals surface area contributed by atoms with Gasteiger partial charge >= 0.3 is 0 Å². The van der Waals surface area contributed by atoms with Crippen LogP contribution in [-0.2, 0) is 6.42 Å². The number of fused-ring (bicyclic) bond motifs is 1. The summed E-state index contributed by atoms with van der Waals surface area (Å²) in [5, 5.41) is 3.61. The van der Waals surface area contributed by atoms with Crippen LogP contribution < -0.4 is 14.8 Å². The lowest BCUT2D eigenvalue weighted by molar-refractivity contribution is 0.353. The Balaban J connectivity index is 2.07. The van der Waals surface area contributed by atoms with Crippen molar-refractivity contribution in [2.45, 2.75) is 19.4 Å². The van der Waals surface area contributed by atoms with Crippen molar-refractivity contribution >= 4 is 11.3 Å². The molecule has 3 nitrogen and oxygen atoms in total. The molecule has 106 valence electrons. The molecule has 2 heterocycles. The highest BCUT2D eigenvalue weighted by Gasteiger charge is 2.24. The maximum absolute atomic E-state index is 5.44. The van der Waals surface area contributed by atoms with Crippen LogP contribution in [0.2, 0.25) is 0 Å². The fourth-order valence-electron chi connectivity index (χ4n) is 2.75. The molecule has 1 aromatic heterocycles. The smallest absolute Gasteiger partial charge is 0.161 e. The zero-order valence-electron chi connectivity index (χ0n) is 12.0. The Bertz CT molecular complexity index is 621. The summed E-state index contributed by atoms with van der Waals surface area (Å²) >= 11 is 1.85. The van der Waals surface area contributed by atoms with E-state index in [0.717, 1.165) is 24.5 Å². The molecule has 4 heteroatoms. The van der Waals surface area contributed by atoms with Gasteiger partial charge in [-0.3, -0.25) is 0 Å². The van der Waals surface area contributed by atoms with Crippen LogP contribution in [0.15, 0.2) is 24.3 Å². The van der Waals surface area contributed by atoms with Gasteiger partial charge in [-0.15, -0.1) is 11.3 Å². The summed E-state index contributed by atoms with van der Waals surface area (Å²) < 4.78 is 10.8. The van der Waals surface area contributed by atoms with Gasteiger partial charge in [-0.1, -0.05) is 0 Å². The van der Waals surface area contributed by atoms with Crippen LogP contribution in [-0.4, -0.2) is 20.8 Å². The molecule has 1 aromatic carbocycles. The van der Waals surface area contributed by atoms with Gasteiger partial charge in [0.05, 0.1) is 20.3 Å². The number of thiophene rings is 1. The fraction of sp³-hybridized carbons (Fsp3) is 0.375. The zero-order chi connectivity index (χ0) is 14.1. The molecular formula is C16H19NO2S.